The van der Waals surface area contributed by atoms with Crippen LogP contribution in [0.5, 0.6) is 0 Å². The number of aryl methyl sites for hydroxylation is 1. The third kappa shape index (κ3) is 6.29. The van der Waals surface area contributed by atoms with E-state index in [4.69, 9.17) is 16.7 Å². The molecule has 4 rings (SSSR count). The zero-order valence-corrected chi connectivity index (χ0v) is 21.7. The molecule has 0 saturated heterocycles. The van der Waals surface area contributed by atoms with Gasteiger partial charge in [0.2, 0.25) is 0 Å². The van der Waals surface area contributed by atoms with Gasteiger partial charge < -0.3 is 15.3 Å². The summed E-state index contributed by atoms with van der Waals surface area (Å²) in [6, 6.07) is 19.0. The van der Waals surface area contributed by atoms with E-state index in [0.717, 1.165) is 5.56 Å². The predicted octanol–water partition coefficient (Wildman–Crippen LogP) is 6.56. The number of rotatable bonds is 11. The average molecular weight is 535 g/mol. The van der Waals surface area contributed by atoms with Crippen LogP contribution in [-0.4, -0.2) is 34.2 Å². The van der Waals surface area contributed by atoms with Crippen molar-refractivity contribution in [1.82, 2.24) is 4.90 Å². The second kappa shape index (κ2) is 12.0. The molecule has 1 amide bonds. The lowest BCUT2D eigenvalue weighted by Crippen LogP contribution is -2.32. The first-order chi connectivity index (χ1) is 18.2. The average Bonchev–Trinajstić information content (AvgIpc) is 3.15. The number of nitrogens with one attached hydrogen (secondary N) is 1. The van der Waals surface area contributed by atoms with Gasteiger partial charge in [-0.05, 0) is 79.4 Å². The van der Waals surface area contributed by atoms with Crippen LogP contribution in [0.2, 0.25) is 5.02 Å². The summed E-state index contributed by atoms with van der Waals surface area (Å²) in [5, 5.41) is 12.6. The van der Waals surface area contributed by atoms with Crippen molar-refractivity contribution >= 4 is 34.9 Å². The third-order valence-electron chi connectivity index (χ3n) is 6.44. The molecule has 8 heteroatoms. The Bertz CT molecular complexity index is 1370. The van der Waals surface area contributed by atoms with E-state index in [9.17, 15) is 18.8 Å². The van der Waals surface area contributed by atoms with Gasteiger partial charge in [-0.2, -0.15) is 0 Å². The van der Waals surface area contributed by atoms with Crippen LogP contribution >= 0.6 is 11.6 Å². The molecule has 2 N–H and O–H groups in total. The summed E-state index contributed by atoms with van der Waals surface area (Å²) in [5.41, 5.74) is 3.04. The first-order valence-corrected chi connectivity index (χ1v) is 12.8. The topological polar surface area (TPSA) is 86.7 Å². The number of benzene rings is 3. The number of hydrogen-bond donors (Lipinski definition) is 2. The standard InChI is InChI=1S/C30H28ClFN2O4/c1-19-6-5-7-24(18-19)33-27-26(29(37)21-9-13-22(31)14-10-21)28(20-11-15-23(32)16-12-20)34(30(27)38)17-4-2-3-8-25(35)36/h5-7,9-16,18,28,33H,2-4,8,17H2,1H3,(H,35,36)/t28-/m0/s1. The second-order valence-corrected chi connectivity index (χ2v) is 9.71. The molecule has 0 saturated carbocycles. The van der Waals surface area contributed by atoms with E-state index in [1.807, 2.05) is 31.2 Å². The van der Waals surface area contributed by atoms with Crippen molar-refractivity contribution in [2.24, 2.45) is 0 Å². The molecule has 0 spiro atoms. The first kappa shape index (κ1) is 27.1. The number of aliphatic carboxylic acids is 1. The van der Waals surface area contributed by atoms with Gasteiger partial charge in [0.1, 0.15) is 11.5 Å². The molecule has 0 unspecified atom stereocenters. The fourth-order valence-corrected chi connectivity index (χ4v) is 4.73. The molecular weight excluding hydrogens is 507 g/mol. The molecule has 0 aromatic heterocycles. The Labute approximate surface area is 225 Å². The Morgan fingerprint density at radius 3 is 2.37 bits per heavy atom. The van der Waals surface area contributed by atoms with E-state index < -0.39 is 17.8 Å². The van der Waals surface area contributed by atoms with Crippen LogP contribution in [0.3, 0.4) is 0 Å². The molecule has 0 fully saturated rings. The Kier molecular flexibility index (Phi) is 8.59. The summed E-state index contributed by atoms with van der Waals surface area (Å²) in [5.74, 6) is -1.98. The Hall–Kier alpha value is -3.97. The van der Waals surface area contributed by atoms with Crippen molar-refractivity contribution in [3.63, 3.8) is 0 Å². The number of Topliss-reactive ketones (excluding diaryl/α,β-unsaturated/α-hetero) is 1. The number of anilines is 1. The number of carbonyl (C=O) groups excluding carboxylic acids is 2. The lowest BCUT2D eigenvalue weighted by Gasteiger charge is -2.27. The van der Waals surface area contributed by atoms with E-state index in [1.54, 1.807) is 41.3 Å². The maximum Gasteiger partial charge on any atom is 0.303 e. The van der Waals surface area contributed by atoms with Gasteiger partial charge in [-0.15, -0.1) is 0 Å². The zero-order valence-electron chi connectivity index (χ0n) is 20.9. The van der Waals surface area contributed by atoms with Crippen molar-refractivity contribution in [1.29, 1.82) is 0 Å². The highest BCUT2D eigenvalue weighted by Crippen LogP contribution is 2.40. The zero-order chi connectivity index (χ0) is 27.2. The number of halogens is 2. The molecule has 3 aromatic rings. The van der Waals surface area contributed by atoms with Crippen molar-refractivity contribution in [3.05, 3.63) is 112 Å². The van der Waals surface area contributed by atoms with E-state index >= 15 is 0 Å². The molecular formula is C30H28ClFN2O4. The maximum atomic E-state index is 14.0. The van der Waals surface area contributed by atoms with Crippen LogP contribution in [0, 0.1) is 12.7 Å². The van der Waals surface area contributed by atoms with Gasteiger partial charge in [-0.3, -0.25) is 14.4 Å². The molecule has 3 aromatic carbocycles. The van der Waals surface area contributed by atoms with E-state index in [-0.39, 0.29) is 29.4 Å². The highest BCUT2D eigenvalue weighted by Gasteiger charge is 2.43. The summed E-state index contributed by atoms with van der Waals surface area (Å²) >= 11 is 6.04. The second-order valence-electron chi connectivity index (χ2n) is 9.28. The summed E-state index contributed by atoms with van der Waals surface area (Å²) in [7, 11) is 0. The number of carbonyl (C=O) groups is 3. The molecule has 1 heterocycles. The molecule has 0 aliphatic carbocycles. The smallest absolute Gasteiger partial charge is 0.303 e. The largest absolute Gasteiger partial charge is 0.481 e. The minimum atomic E-state index is -0.867. The molecule has 6 nitrogen and oxygen atoms in total. The maximum absolute atomic E-state index is 14.0. The number of amides is 1. The molecule has 38 heavy (non-hydrogen) atoms. The Balaban J connectivity index is 1.78. The van der Waals surface area contributed by atoms with Crippen LogP contribution in [-0.2, 0) is 9.59 Å². The molecule has 0 bridgehead atoms. The molecule has 1 aliphatic heterocycles. The summed E-state index contributed by atoms with van der Waals surface area (Å²) in [4.78, 5) is 40.3. The summed E-state index contributed by atoms with van der Waals surface area (Å²) in [6.45, 7) is 2.23. The monoisotopic (exact) mass is 534 g/mol. The highest BCUT2D eigenvalue weighted by atomic mass is 35.5. The normalized spacial score (nSPS) is 15.2. The highest BCUT2D eigenvalue weighted by molar-refractivity contribution is 6.30. The van der Waals surface area contributed by atoms with Crippen molar-refractivity contribution in [3.8, 4) is 0 Å². The molecule has 196 valence electrons. The minimum absolute atomic E-state index is 0.0497. The van der Waals surface area contributed by atoms with E-state index in [1.165, 1.54) is 12.1 Å². The van der Waals surface area contributed by atoms with Crippen LogP contribution < -0.4 is 5.32 Å². The van der Waals surface area contributed by atoms with Crippen LogP contribution in [0.4, 0.5) is 10.1 Å². The van der Waals surface area contributed by atoms with Crippen LogP contribution in [0.1, 0.15) is 53.2 Å². The van der Waals surface area contributed by atoms with Crippen molar-refractivity contribution in [2.75, 3.05) is 11.9 Å². The Morgan fingerprint density at radius 2 is 1.71 bits per heavy atom. The fraction of sp³-hybridized carbons (Fsp3) is 0.233. The number of carboxylic acid groups (broad SMARTS) is 1. The number of carboxylic acids is 1. The van der Waals surface area contributed by atoms with Gasteiger partial charge in [0.05, 0.1) is 11.6 Å². The lowest BCUT2D eigenvalue weighted by molar-refractivity contribution is -0.137. The van der Waals surface area contributed by atoms with Crippen LogP contribution in [0.15, 0.2) is 84.1 Å². The summed E-state index contributed by atoms with van der Waals surface area (Å²) in [6.07, 6.45) is 1.69. The van der Waals surface area contributed by atoms with E-state index in [0.29, 0.717) is 47.6 Å². The van der Waals surface area contributed by atoms with Crippen molar-refractivity contribution in [2.45, 2.75) is 38.6 Å². The van der Waals surface area contributed by atoms with Gasteiger partial charge in [0.15, 0.2) is 5.78 Å². The van der Waals surface area contributed by atoms with Gasteiger partial charge in [0.25, 0.3) is 5.91 Å². The number of nitrogens with zero attached hydrogens (tertiary/aromatic N) is 1. The molecule has 1 aliphatic rings. The minimum Gasteiger partial charge on any atom is -0.481 e. The van der Waals surface area contributed by atoms with Gasteiger partial charge >= 0.3 is 5.97 Å². The van der Waals surface area contributed by atoms with Gasteiger partial charge in [0, 0.05) is 29.2 Å². The molecule has 0 radical (unpaired) electrons. The SMILES string of the molecule is Cc1cccc(NC2=C(C(=O)c3ccc(Cl)cc3)[C@H](c3ccc(F)cc3)N(CCCCCC(=O)O)C2=O)c1. The van der Waals surface area contributed by atoms with E-state index in [2.05, 4.69) is 5.32 Å². The van der Waals surface area contributed by atoms with Gasteiger partial charge in [-0.1, -0.05) is 42.3 Å². The number of hydrogen-bond acceptors (Lipinski definition) is 4. The number of ketones is 1. The fourth-order valence-electron chi connectivity index (χ4n) is 4.61. The quantitative estimate of drug-likeness (QED) is 0.215. The van der Waals surface area contributed by atoms with Crippen molar-refractivity contribution < 1.29 is 23.9 Å². The number of unbranched alkanes of at least 4 members (excludes halogenated alkanes) is 2. The third-order valence-corrected chi connectivity index (χ3v) is 6.69. The predicted molar refractivity (Wildman–Crippen MR) is 145 cm³/mol. The molecule has 1 atom stereocenters. The van der Waals surface area contributed by atoms with Crippen LogP contribution in [0.25, 0.3) is 0 Å². The first-order valence-electron chi connectivity index (χ1n) is 12.4. The van der Waals surface area contributed by atoms with Gasteiger partial charge in [-0.25, -0.2) is 4.39 Å². The summed E-state index contributed by atoms with van der Waals surface area (Å²) < 4.78 is 13.8. The Morgan fingerprint density at radius 1 is 1.00 bits per heavy atom. The lowest BCUT2D eigenvalue weighted by atomic mass is 9.92.